The summed E-state index contributed by atoms with van der Waals surface area (Å²) >= 11 is 0. The Balaban J connectivity index is 1.70. The molecule has 6 nitrogen and oxygen atoms in total. The number of nitrogens with one attached hydrogen (secondary N) is 1. The Kier molecular flexibility index (Phi) is 6.23. The minimum Gasteiger partial charge on any atom is -0.493 e. The molecule has 2 aliphatic rings. The molecule has 1 amide bonds. The highest BCUT2D eigenvalue weighted by molar-refractivity contribution is 6.05. The lowest BCUT2D eigenvalue weighted by atomic mass is 9.73. The van der Waals surface area contributed by atoms with Crippen molar-refractivity contribution in [3.8, 4) is 17.2 Å². The minimum atomic E-state index is -0.672. The van der Waals surface area contributed by atoms with Crippen molar-refractivity contribution in [3.05, 3.63) is 89.4 Å². The lowest BCUT2D eigenvalue weighted by Gasteiger charge is -2.37. The first-order valence-corrected chi connectivity index (χ1v) is 12.2. The number of allylic oxidation sites excluding steroid dienone is 1. The Morgan fingerprint density at radius 1 is 1.03 bits per heavy atom. The van der Waals surface area contributed by atoms with Crippen molar-refractivity contribution in [2.24, 2.45) is 5.41 Å². The maximum Gasteiger partial charge on any atom is 0.224 e. The summed E-state index contributed by atoms with van der Waals surface area (Å²) in [6, 6.07) is 18.0. The molecular weight excluding hydrogens is 471 g/mol. The lowest BCUT2D eigenvalue weighted by molar-refractivity contribution is -0.118. The summed E-state index contributed by atoms with van der Waals surface area (Å²) in [6.07, 6.45) is 1.04. The molecule has 190 valence electrons. The van der Waals surface area contributed by atoms with Gasteiger partial charge in [-0.15, -0.1) is 0 Å². The zero-order chi connectivity index (χ0) is 26.3. The lowest BCUT2D eigenvalue weighted by Crippen LogP contribution is -2.38. The van der Waals surface area contributed by atoms with Crippen LogP contribution in [0.2, 0.25) is 0 Å². The van der Waals surface area contributed by atoms with Gasteiger partial charge in [0.05, 0.1) is 24.5 Å². The van der Waals surface area contributed by atoms with Crippen molar-refractivity contribution in [2.45, 2.75) is 39.7 Å². The molecule has 0 saturated carbocycles. The van der Waals surface area contributed by atoms with Crippen molar-refractivity contribution >= 4 is 23.1 Å². The number of amides is 1. The van der Waals surface area contributed by atoms with E-state index in [1.165, 1.54) is 38.3 Å². The second-order valence-electron chi connectivity index (χ2n) is 10.2. The van der Waals surface area contributed by atoms with E-state index in [0.717, 1.165) is 11.4 Å². The highest BCUT2D eigenvalue weighted by atomic mass is 19.1. The Bertz CT molecular complexity index is 1410. The molecule has 1 aliphatic heterocycles. The summed E-state index contributed by atoms with van der Waals surface area (Å²) in [6.45, 7) is 5.66. The Hall–Kier alpha value is -4.13. The molecule has 3 aromatic rings. The Morgan fingerprint density at radius 3 is 2.46 bits per heavy atom. The van der Waals surface area contributed by atoms with Crippen molar-refractivity contribution in [2.75, 3.05) is 17.3 Å². The van der Waals surface area contributed by atoms with Crippen LogP contribution in [0.1, 0.15) is 45.2 Å². The SMILES string of the molecule is COc1ccc(C2C3=C(CC(C)(C)CC3=O)Nc3ccccc3N2C(C)=O)cc1Oc1ccc(F)cc1. The van der Waals surface area contributed by atoms with Gasteiger partial charge in [-0.25, -0.2) is 4.39 Å². The van der Waals surface area contributed by atoms with Crippen LogP contribution in [0, 0.1) is 11.2 Å². The first-order valence-electron chi connectivity index (χ1n) is 12.2. The molecule has 1 N–H and O–H groups in total. The number of carbonyl (C=O) groups excluding carboxylic acids is 2. The highest BCUT2D eigenvalue weighted by Gasteiger charge is 2.42. The van der Waals surface area contributed by atoms with Crippen molar-refractivity contribution < 1.29 is 23.5 Å². The van der Waals surface area contributed by atoms with Crippen molar-refractivity contribution in [1.82, 2.24) is 0 Å². The standard InChI is InChI=1S/C30H29FN2O4/c1-18(34)33-24-8-6-5-7-22(24)32-23-16-30(2,3)17-25(35)28(23)29(33)19-9-14-26(36-4)27(15-19)37-21-12-10-20(31)11-13-21/h5-15,29,32H,16-17H2,1-4H3. The Morgan fingerprint density at radius 2 is 1.76 bits per heavy atom. The number of benzene rings is 3. The Labute approximate surface area is 215 Å². The molecule has 37 heavy (non-hydrogen) atoms. The zero-order valence-corrected chi connectivity index (χ0v) is 21.3. The van der Waals surface area contributed by atoms with E-state index in [0.29, 0.717) is 46.9 Å². The van der Waals surface area contributed by atoms with E-state index in [1.807, 2.05) is 30.3 Å². The van der Waals surface area contributed by atoms with Crippen LogP contribution in [0.3, 0.4) is 0 Å². The minimum absolute atomic E-state index is 0.000345. The summed E-state index contributed by atoms with van der Waals surface area (Å²) in [7, 11) is 1.54. The number of ether oxygens (including phenoxy) is 2. The average molecular weight is 501 g/mol. The molecule has 0 spiro atoms. The number of hydrogen-bond donors (Lipinski definition) is 1. The van der Waals surface area contributed by atoms with Gasteiger partial charge in [-0.05, 0) is 65.9 Å². The molecule has 0 fully saturated rings. The fourth-order valence-electron chi connectivity index (χ4n) is 5.22. The summed E-state index contributed by atoms with van der Waals surface area (Å²) in [5.74, 6) is 0.741. The summed E-state index contributed by atoms with van der Waals surface area (Å²) in [4.78, 5) is 28.6. The van der Waals surface area contributed by atoms with E-state index in [-0.39, 0.29) is 22.9 Å². The van der Waals surface area contributed by atoms with E-state index in [1.54, 1.807) is 17.0 Å². The second kappa shape index (κ2) is 9.39. The molecule has 1 atom stereocenters. The molecule has 3 aromatic carbocycles. The molecular formula is C30H29FN2O4. The molecule has 1 heterocycles. The third-order valence-corrected chi connectivity index (χ3v) is 6.78. The van der Waals surface area contributed by atoms with Crippen molar-refractivity contribution in [1.29, 1.82) is 0 Å². The number of fused-ring (bicyclic) bond motifs is 1. The predicted octanol–water partition coefficient (Wildman–Crippen LogP) is 6.79. The van der Waals surface area contributed by atoms with Crippen LogP contribution in [-0.4, -0.2) is 18.8 Å². The number of halogens is 1. The largest absolute Gasteiger partial charge is 0.493 e. The summed E-state index contributed by atoms with van der Waals surface area (Å²) in [5, 5.41) is 3.49. The topological polar surface area (TPSA) is 67.9 Å². The van der Waals surface area contributed by atoms with Crippen LogP contribution in [0.15, 0.2) is 78.0 Å². The fraction of sp³-hybridized carbons (Fsp3) is 0.267. The first kappa shape index (κ1) is 24.6. The van der Waals surface area contributed by atoms with E-state index in [4.69, 9.17) is 9.47 Å². The van der Waals surface area contributed by atoms with Gasteiger partial charge >= 0.3 is 0 Å². The maximum absolute atomic E-state index is 13.7. The number of nitrogens with zero attached hydrogens (tertiary/aromatic N) is 1. The summed E-state index contributed by atoms with van der Waals surface area (Å²) < 4.78 is 25.0. The van der Waals surface area contributed by atoms with Crippen LogP contribution >= 0.6 is 0 Å². The quantitative estimate of drug-likeness (QED) is 0.427. The number of anilines is 2. The van der Waals surface area contributed by atoms with Gasteiger partial charge in [0.1, 0.15) is 11.6 Å². The van der Waals surface area contributed by atoms with Gasteiger partial charge in [0.15, 0.2) is 17.3 Å². The highest BCUT2D eigenvalue weighted by Crippen LogP contribution is 2.49. The molecule has 0 radical (unpaired) electrons. The van der Waals surface area contributed by atoms with Gasteiger partial charge in [0.25, 0.3) is 0 Å². The molecule has 7 heteroatoms. The number of carbonyl (C=O) groups is 2. The molecule has 0 saturated heterocycles. The van der Waals surface area contributed by atoms with E-state index in [2.05, 4.69) is 19.2 Å². The van der Waals surface area contributed by atoms with Gasteiger partial charge < -0.3 is 14.8 Å². The van der Waals surface area contributed by atoms with E-state index in [9.17, 15) is 14.0 Å². The number of para-hydroxylation sites is 2. The third-order valence-electron chi connectivity index (χ3n) is 6.78. The normalized spacial score (nSPS) is 18.4. The van der Waals surface area contributed by atoms with Crippen LogP contribution in [0.25, 0.3) is 0 Å². The summed E-state index contributed by atoms with van der Waals surface area (Å²) in [5.41, 5.74) is 3.34. The van der Waals surface area contributed by atoms with E-state index < -0.39 is 6.04 Å². The predicted molar refractivity (Wildman–Crippen MR) is 140 cm³/mol. The maximum atomic E-state index is 13.7. The van der Waals surface area contributed by atoms with E-state index >= 15 is 0 Å². The smallest absolute Gasteiger partial charge is 0.224 e. The molecule has 1 unspecified atom stereocenters. The molecule has 1 aliphatic carbocycles. The number of ketones is 1. The van der Waals surface area contributed by atoms with Crippen LogP contribution < -0.4 is 19.7 Å². The number of Topliss-reactive ketones (excluding diaryl/α,β-unsaturated/α-hetero) is 1. The van der Waals surface area contributed by atoms with Crippen LogP contribution in [0.5, 0.6) is 17.2 Å². The van der Waals surface area contributed by atoms with Crippen LogP contribution in [0.4, 0.5) is 15.8 Å². The average Bonchev–Trinajstić information content (AvgIpc) is 2.99. The van der Waals surface area contributed by atoms with Gasteiger partial charge in [-0.3, -0.25) is 14.5 Å². The first-order chi connectivity index (χ1) is 17.7. The zero-order valence-electron chi connectivity index (χ0n) is 21.3. The molecule has 5 rings (SSSR count). The second-order valence-corrected chi connectivity index (χ2v) is 10.2. The fourth-order valence-corrected chi connectivity index (χ4v) is 5.22. The molecule has 0 bridgehead atoms. The van der Waals surface area contributed by atoms with Gasteiger partial charge in [0, 0.05) is 24.6 Å². The number of methoxy groups -OCH3 is 1. The number of rotatable bonds is 4. The van der Waals surface area contributed by atoms with Crippen molar-refractivity contribution in [3.63, 3.8) is 0 Å². The van der Waals surface area contributed by atoms with Crippen LogP contribution in [-0.2, 0) is 9.59 Å². The van der Waals surface area contributed by atoms with Gasteiger partial charge in [0.2, 0.25) is 5.91 Å². The third kappa shape index (κ3) is 4.69. The number of hydrogen-bond acceptors (Lipinski definition) is 5. The van der Waals surface area contributed by atoms with Gasteiger partial charge in [-0.1, -0.05) is 32.0 Å². The molecule has 0 aromatic heterocycles. The monoisotopic (exact) mass is 500 g/mol. The van der Waals surface area contributed by atoms with Gasteiger partial charge in [-0.2, -0.15) is 0 Å².